The molecule has 0 aliphatic rings. The van der Waals surface area contributed by atoms with Gasteiger partial charge in [-0.2, -0.15) is 0 Å². The van der Waals surface area contributed by atoms with Gasteiger partial charge in [-0.25, -0.2) is 0 Å². The van der Waals surface area contributed by atoms with Gasteiger partial charge < -0.3 is 4.74 Å². The average Bonchev–Trinajstić information content (AvgIpc) is 1.97. The highest BCUT2D eigenvalue weighted by atomic mass is 16.5. The molecule has 0 rings (SSSR count). The van der Waals surface area contributed by atoms with E-state index in [1.165, 1.54) is 19.3 Å². The summed E-state index contributed by atoms with van der Waals surface area (Å²) in [5.41, 5.74) is 0. The number of rotatable bonds is 6. The van der Waals surface area contributed by atoms with E-state index in [-0.39, 0.29) is 0 Å². The van der Waals surface area contributed by atoms with Crippen LogP contribution in [0.25, 0.3) is 0 Å². The van der Waals surface area contributed by atoms with Crippen LogP contribution in [0.4, 0.5) is 0 Å². The molecule has 0 spiro atoms. The van der Waals surface area contributed by atoms with Crippen molar-refractivity contribution in [1.82, 2.24) is 0 Å². The zero-order valence-corrected chi connectivity index (χ0v) is 7.52. The lowest BCUT2D eigenvalue weighted by Gasteiger charge is -2.10. The highest BCUT2D eigenvalue weighted by Crippen LogP contribution is 2.03. The first-order chi connectivity index (χ1) is 4.81. The summed E-state index contributed by atoms with van der Waals surface area (Å²) in [5.74, 6) is 0. The second-order valence-electron chi connectivity index (χ2n) is 2.82. The van der Waals surface area contributed by atoms with Crippen molar-refractivity contribution in [1.29, 1.82) is 0 Å². The second kappa shape index (κ2) is 7.07. The molecule has 1 unspecified atom stereocenters. The Morgan fingerprint density at radius 1 is 1.20 bits per heavy atom. The van der Waals surface area contributed by atoms with E-state index in [2.05, 4.69) is 20.8 Å². The van der Waals surface area contributed by atoms with E-state index in [1.54, 1.807) is 0 Å². The number of ether oxygens (including phenoxy) is 1. The molecule has 0 aromatic rings. The zero-order valence-electron chi connectivity index (χ0n) is 7.52. The van der Waals surface area contributed by atoms with Gasteiger partial charge in [-0.15, -0.1) is 0 Å². The molecule has 0 N–H and O–H groups in total. The smallest absolute Gasteiger partial charge is 0.0547 e. The standard InChI is InChI=1S/C9H20O/c1-4-6-7-9(3)10-8-5-2/h9H,4-8H2,1-3H3. The van der Waals surface area contributed by atoms with Crippen LogP contribution in [0.2, 0.25) is 0 Å². The van der Waals surface area contributed by atoms with E-state index in [0.29, 0.717) is 6.10 Å². The largest absolute Gasteiger partial charge is 0.379 e. The monoisotopic (exact) mass is 144 g/mol. The van der Waals surface area contributed by atoms with Crippen LogP contribution in [0, 0.1) is 0 Å². The van der Waals surface area contributed by atoms with Crippen LogP contribution in [0.3, 0.4) is 0 Å². The van der Waals surface area contributed by atoms with Crippen LogP contribution in [0.15, 0.2) is 0 Å². The molecule has 0 heterocycles. The van der Waals surface area contributed by atoms with Gasteiger partial charge in [-0.1, -0.05) is 26.7 Å². The molecule has 0 fully saturated rings. The minimum atomic E-state index is 0.472. The first-order valence-corrected chi connectivity index (χ1v) is 4.42. The lowest BCUT2D eigenvalue weighted by atomic mass is 10.2. The molecule has 10 heavy (non-hydrogen) atoms. The number of hydrogen-bond donors (Lipinski definition) is 0. The van der Waals surface area contributed by atoms with Crippen LogP contribution in [0.1, 0.15) is 46.5 Å². The maximum absolute atomic E-state index is 5.49. The van der Waals surface area contributed by atoms with Crippen molar-refractivity contribution >= 4 is 0 Å². The zero-order chi connectivity index (χ0) is 7.82. The van der Waals surface area contributed by atoms with E-state index in [1.807, 2.05) is 0 Å². The molecule has 1 atom stereocenters. The lowest BCUT2D eigenvalue weighted by molar-refractivity contribution is 0.0593. The maximum atomic E-state index is 5.49. The summed E-state index contributed by atoms with van der Waals surface area (Å²) in [5, 5.41) is 0. The Morgan fingerprint density at radius 3 is 2.40 bits per heavy atom. The van der Waals surface area contributed by atoms with Crippen molar-refractivity contribution in [3.05, 3.63) is 0 Å². The topological polar surface area (TPSA) is 9.23 Å². The third-order valence-electron chi connectivity index (χ3n) is 1.57. The molecule has 0 saturated carbocycles. The van der Waals surface area contributed by atoms with Crippen molar-refractivity contribution in [2.45, 2.75) is 52.6 Å². The number of unbranched alkanes of at least 4 members (excludes halogenated alkanes) is 1. The van der Waals surface area contributed by atoms with Gasteiger partial charge in [0.1, 0.15) is 0 Å². The molecule has 0 saturated heterocycles. The summed E-state index contributed by atoms with van der Waals surface area (Å²) < 4.78 is 5.49. The molecular weight excluding hydrogens is 124 g/mol. The summed E-state index contributed by atoms with van der Waals surface area (Å²) in [6.07, 6.45) is 5.40. The molecular formula is C9H20O. The molecule has 0 aromatic carbocycles. The molecule has 1 heteroatoms. The summed E-state index contributed by atoms with van der Waals surface area (Å²) in [4.78, 5) is 0. The minimum Gasteiger partial charge on any atom is -0.379 e. The van der Waals surface area contributed by atoms with E-state index in [9.17, 15) is 0 Å². The Bertz CT molecular complexity index is 53.7. The van der Waals surface area contributed by atoms with Gasteiger partial charge in [0, 0.05) is 6.61 Å². The highest BCUT2D eigenvalue weighted by molar-refractivity contribution is 4.48. The summed E-state index contributed by atoms with van der Waals surface area (Å²) in [7, 11) is 0. The van der Waals surface area contributed by atoms with Gasteiger partial charge in [0.05, 0.1) is 6.10 Å². The van der Waals surface area contributed by atoms with Crippen molar-refractivity contribution in [3.8, 4) is 0 Å². The summed E-state index contributed by atoms with van der Waals surface area (Å²) >= 11 is 0. The Hall–Kier alpha value is -0.0400. The number of hydrogen-bond acceptors (Lipinski definition) is 1. The third kappa shape index (κ3) is 6.09. The predicted octanol–water partition coefficient (Wildman–Crippen LogP) is 2.99. The van der Waals surface area contributed by atoms with Crippen molar-refractivity contribution in [2.24, 2.45) is 0 Å². The van der Waals surface area contributed by atoms with Gasteiger partial charge >= 0.3 is 0 Å². The summed E-state index contributed by atoms with van der Waals surface area (Å²) in [6.45, 7) is 7.44. The van der Waals surface area contributed by atoms with E-state index >= 15 is 0 Å². The predicted molar refractivity (Wildman–Crippen MR) is 45.2 cm³/mol. The lowest BCUT2D eigenvalue weighted by Crippen LogP contribution is -2.08. The summed E-state index contributed by atoms with van der Waals surface area (Å²) in [6, 6.07) is 0. The molecule has 62 valence electrons. The van der Waals surface area contributed by atoms with Crippen LogP contribution >= 0.6 is 0 Å². The normalized spacial score (nSPS) is 13.5. The minimum absolute atomic E-state index is 0.472. The Balaban J connectivity index is 3.00. The van der Waals surface area contributed by atoms with E-state index < -0.39 is 0 Å². The van der Waals surface area contributed by atoms with Crippen molar-refractivity contribution in [2.75, 3.05) is 6.61 Å². The Morgan fingerprint density at radius 2 is 1.90 bits per heavy atom. The molecule has 0 bridgehead atoms. The Kier molecular flexibility index (Phi) is 7.04. The van der Waals surface area contributed by atoms with Crippen LogP contribution in [-0.2, 0) is 4.74 Å². The quantitative estimate of drug-likeness (QED) is 0.557. The SMILES string of the molecule is CCCCC(C)OCCC. The molecule has 0 radical (unpaired) electrons. The molecule has 0 aromatic heterocycles. The van der Waals surface area contributed by atoms with E-state index in [0.717, 1.165) is 13.0 Å². The Labute approximate surface area is 64.8 Å². The van der Waals surface area contributed by atoms with E-state index in [4.69, 9.17) is 4.74 Å². The third-order valence-corrected chi connectivity index (χ3v) is 1.57. The maximum Gasteiger partial charge on any atom is 0.0547 e. The van der Waals surface area contributed by atoms with Crippen LogP contribution in [0.5, 0.6) is 0 Å². The van der Waals surface area contributed by atoms with Crippen molar-refractivity contribution in [3.63, 3.8) is 0 Å². The van der Waals surface area contributed by atoms with Crippen molar-refractivity contribution < 1.29 is 4.74 Å². The first kappa shape index (κ1) is 9.96. The molecule has 0 amide bonds. The first-order valence-electron chi connectivity index (χ1n) is 4.42. The fourth-order valence-corrected chi connectivity index (χ4v) is 0.894. The highest BCUT2D eigenvalue weighted by Gasteiger charge is 1.98. The van der Waals surface area contributed by atoms with Crippen LogP contribution < -0.4 is 0 Å². The molecule has 0 aliphatic heterocycles. The fraction of sp³-hybridized carbons (Fsp3) is 1.00. The van der Waals surface area contributed by atoms with Gasteiger partial charge in [-0.3, -0.25) is 0 Å². The van der Waals surface area contributed by atoms with Gasteiger partial charge in [0.2, 0.25) is 0 Å². The second-order valence-corrected chi connectivity index (χ2v) is 2.82. The van der Waals surface area contributed by atoms with Crippen LogP contribution in [-0.4, -0.2) is 12.7 Å². The molecule has 0 aliphatic carbocycles. The van der Waals surface area contributed by atoms with Gasteiger partial charge in [-0.05, 0) is 19.8 Å². The fourth-order valence-electron chi connectivity index (χ4n) is 0.894. The van der Waals surface area contributed by atoms with Gasteiger partial charge in [0.15, 0.2) is 0 Å². The van der Waals surface area contributed by atoms with Gasteiger partial charge in [0.25, 0.3) is 0 Å². The molecule has 1 nitrogen and oxygen atoms in total. The average molecular weight is 144 g/mol.